The number of aliphatic hydroxyl groups is 7. The van der Waals surface area contributed by atoms with Gasteiger partial charge in [-0.3, -0.25) is 4.79 Å². The Bertz CT molecular complexity index is 1200. The maximum Gasteiger partial charge on any atom is 0.306 e. The molecule has 2 rings (SSSR count). The van der Waals surface area contributed by atoms with Crippen LogP contribution in [0.15, 0.2) is 24.3 Å². The standard InChI is InChI=1S/C53H98O14/c1-3-5-7-9-11-13-15-17-19-20-21-22-24-26-28-30-32-34-36-45(55)65-42(39-62-37-35-33-31-29-27-25-23-18-16-14-12-10-8-6-4-2)40-63-52-51(61)49(59)47(57)44(67-52)41-64-53-50(60)48(58)46(56)43(38-54)66-53/h10,12,16,18,42-44,46-54,56-61H,3-9,11,13-15,17,19-41H2,1-2H3/b12-10-,18-16-. The number of carbonyl (C=O) groups excluding carboxylic acids is 1. The monoisotopic (exact) mass is 959 g/mol. The first kappa shape index (κ1) is 61.6. The van der Waals surface area contributed by atoms with Gasteiger partial charge < -0.3 is 64.2 Å². The largest absolute Gasteiger partial charge is 0.457 e. The minimum atomic E-state index is -1.71. The van der Waals surface area contributed by atoms with Crippen molar-refractivity contribution in [3.05, 3.63) is 24.3 Å². The molecule has 0 aliphatic carbocycles. The summed E-state index contributed by atoms with van der Waals surface area (Å²) in [6.45, 7) is 3.65. The van der Waals surface area contributed by atoms with Gasteiger partial charge >= 0.3 is 5.97 Å². The van der Waals surface area contributed by atoms with Gasteiger partial charge in [-0.1, -0.05) is 186 Å². The summed E-state index contributed by atoms with van der Waals surface area (Å²) in [5, 5.41) is 72.2. The summed E-state index contributed by atoms with van der Waals surface area (Å²) >= 11 is 0. The van der Waals surface area contributed by atoms with Crippen LogP contribution in [-0.2, 0) is 33.2 Å². The number of hydrogen-bond donors (Lipinski definition) is 7. The zero-order chi connectivity index (χ0) is 48.7. The van der Waals surface area contributed by atoms with Crippen molar-refractivity contribution in [2.45, 2.75) is 274 Å². The molecule has 7 N–H and O–H groups in total. The number of carbonyl (C=O) groups is 1. The summed E-state index contributed by atoms with van der Waals surface area (Å²) in [7, 11) is 0. The second-order valence-electron chi connectivity index (χ2n) is 19.1. The maximum absolute atomic E-state index is 13.0. The fourth-order valence-corrected chi connectivity index (χ4v) is 8.54. The van der Waals surface area contributed by atoms with Crippen molar-refractivity contribution < 1.29 is 69.0 Å². The lowest BCUT2D eigenvalue weighted by molar-refractivity contribution is -0.332. The van der Waals surface area contributed by atoms with Gasteiger partial charge in [-0.15, -0.1) is 0 Å². The third-order valence-corrected chi connectivity index (χ3v) is 13.0. The number of unbranched alkanes of at least 4 members (excludes halogenated alkanes) is 25. The highest BCUT2D eigenvalue weighted by Gasteiger charge is 2.47. The summed E-state index contributed by atoms with van der Waals surface area (Å²) in [5.74, 6) is -0.377. The van der Waals surface area contributed by atoms with Gasteiger partial charge in [-0.25, -0.2) is 0 Å². The number of allylic oxidation sites excluding steroid dienone is 4. The second kappa shape index (κ2) is 41.1. The molecule has 0 radical (unpaired) electrons. The van der Waals surface area contributed by atoms with E-state index in [2.05, 4.69) is 38.2 Å². The molecule has 0 spiro atoms. The van der Waals surface area contributed by atoms with E-state index in [1.165, 1.54) is 116 Å². The molecule has 14 nitrogen and oxygen atoms in total. The third kappa shape index (κ3) is 28.8. The van der Waals surface area contributed by atoms with E-state index in [4.69, 9.17) is 28.4 Å². The van der Waals surface area contributed by atoms with E-state index in [0.717, 1.165) is 64.2 Å². The average molecular weight is 959 g/mol. The highest BCUT2D eigenvalue weighted by Crippen LogP contribution is 2.26. The Kier molecular flexibility index (Phi) is 37.8. The summed E-state index contributed by atoms with van der Waals surface area (Å²) in [4.78, 5) is 13.0. The van der Waals surface area contributed by atoms with Gasteiger partial charge in [0.25, 0.3) is 0 Å². The molecule has 0 aromatic heterocycles. The summed E-state index contributed by atoms with van der Waals surface area (Å²) < 4.78 is 34.3. The first-order valence-corrected chi connectivity index (χ1v) is 26.9. The molecule has 394 valence electrons. The maximum atomic E-state index is 13.0. The molecule has 2 aliphatic heterocycles. The van der Waals surface area contributed by atoms with Crippen molar-refractivity contribution >= 4 is 5.97 Å². The van der Waals surface area contributed by atoms with Crippen LogP contribution in [0.3, 0.4) is 0 Å². The lowest BCUT2D eigenvalue weighted by atomic mass is 9.98. The quantitative estimate of drug-likeness (QED) is 0.0174. The molecule has 2 fully saturated rings. The van der Waals surface area contributed by atoms with Crippen LogP contribution in [-0.4, -0.2) is 142 Å². The number of ether oxygens (including phenoxy) is 6. The van der Waals surface area contributed by atoms with Gasteiger partial charge in [-0.2, -0.15) is 0 Å². The molecule has 0 saturated carbocycles. The topological polar surface area (TPSA) is 214 Å². The van der Waals surface area contributed by atoms with Gasteiger partial charge in [0.05, 0.1) is 26.4 Å². The van der Waals surface area contributed by atoms with Gasteiger partial charge in [0, 0.05) is 13.0 Å². The van der Waals surface area contributed by atoms with Crippen LogP contribution in [0.1, 0.15) is 206 Å². The van der Waals surface area contributed by atoms with Gasteiger partial charge in [0.15, 0.2) is 12.6 Å². The zero-order valence-corrected chi connectivity index (χ0v) is 41.9. The number of rotatable bonds is 43. The van der Waals surface area contributed by atoms with E-state index in [0.29, 0.717) is 13.0 Å². The van der Waals surface area contributed by atoms with Crippen LogP contribution < -0.4 is 0 Å². The number of aliphatic hydroxyl groups excluding tert-OH is 7. The van der Waals surface area contributed by atoms with Crippen LogP contribution >= 0.6 is 0 Å². The predicted molar refractivity (Wildman–Crippen MR) is 261 cm³/mol. The average Bonchev–Trinajstić information content (AvgIpc) is 3.32. The Balaban J connectivity index is 1.75. The van der Waals surface area contributed by atoms with Crippen LogP contribution in [0.4, 0.5) is 0 Å². The molecule has 0 bridgehead atoms. The van der Waals surface area contributed by atoms with Crippen molar-refractivity contribution in [2.75, 3.05) is 33.0 Å². The van der Waals surface area contributed by atoms with Crippen molar-refractivity contribution in [3.63, 3.8) is 0 Å². The fourth-order valence-electron chi connectivity index (χ4n) is 8.54. The first-order valence-electron chi connectivity index (χ1n) is 26.9. The third-order valence-electron chi connectivity index (χ3n) is 13.0. The highest BCUT2D eigenvalue weighted by atomic mass is 16.7. The van der Waals surface area contributed by atoms with E-state index < -0.39 is 80.7 Å². The summed E-state index contributed by atoms with van der Waals surface area (Å²) in [6.07, 6.45) is 28.1. The molecule has 2 saturated heterocycles. The second-order valence-corrected chi connectivity index (χ2v) is 19.1. The smallest absolute Gasteiger partial charge is 0.306 e. The van der Waals surface area contributed by atoms with E-state index in [1.54, 1.807) is 0 Å². The molecule has 2 aliphatic rings. The normalized spacial score (nSPS) is 26.2. The molecule has 14 heteroatoms. The summed E-state index contributed by atoms with van der Waals surface area (Å²) in [5.41, 5.74) is 0. The molecule has 67 heavy (non-hydrogen) atoms. The van der Waals surface area contributed by atoms with Crippen LogP contribution in [0.2, 0.25) is 0 Å². The van der Waals surface area contributed by atoms with E-state index in [1.807, 2.05) is 0 Å². The van der Waals surface area contributed by atoms with Crippen molar-refractivity contribution in [1.29, 1.82) is 0 Å². The Morgan fingerprint density at radius 1 is 0.493 bits per heavy atom. The number of hydrogen-bond acceptors (Lipinski definition) is 14. The predicted octanol–water partition coefficient (Wildman–Crippen LogP) is 8.41. The fraction of sp³-hybridized carbons (Fsp3) is 0.906. The van der Waals surface area contributed by atoms with Gasteiger partial charge in [0.2, 0.25) is 0 Å². The highest BCUT2D eigenvalue weighted by molar-refractivity contribution is 5.69. The van der Waals surface area contributed by atoms with E-state index in [-0.39, 0.29) is 25.6 Å². The van der Waals surface area contributed by atoms with Crippen molar-refractivity contribution in [2.24, 2.45) is 0 Å². The molecule has 11 unspecified atom stereocenters. The Morgan fingerprint density at radius 2 is 0.940 bits per heavy atom. The SMILES string of the molecule is CCCC/C=C\C/C=C\CCCCCCCCOCC(COC1OC(COC2OC(CO)C(O)C(O)C2O)C(O)C(O)C1O)OC(=O)CCCCCCCCCCCCCCCCCCCC. The molecule has 0 aromatic rings. The molecular formula is C53H98O14. The first-order chi connectivity index (χ1) is 32.6. The minimum absolute atomic E-state index is 0.0582. The van der Waals surface area contributed by atoms with Crippen molar-refractivity contribution in [1.82, 2.24) is 0 Å². The Hall–Kier alpha value is -1.53. The minimum Gasteiger partial charge on any atom is -0.457 e. The zero-order valence-electron chi connectivity index (χ0n) is 41.9. The van der Waals surface area contributed by atoms with Crippen LogP contribution in [0.5, 0.6) is 0 Å². The van der Waals surface area contributed by atoms with Crippen LogP contribution in [0, 0.1) is 0 Å². The Morgan fingerprint density at radius 3 is 1.48 bits per heavy atom. The van der Waals surface area contributed by atoms with Crippen LogP contribution in [0.25, 0.3) is 0 Å². The lowest BCUT2D eigenvalue weighted by Gasteiger charge is -2.42. The molecule has 2 heterocycles. The molecule has 0 amide bonds. The molecule has 0 aromatic carbocycles. The van der Waals surface area contributed by atoms with E-state index in [9.17, 15) is 40.5 Å². The molecular weight excluding hydrogens is 861 g/mol. The van der Waals surface area contributed by atoms with Gasteiger partial charge in [0.1, 0.15) is 54.9 Å². The summed E-state index contributed by atoms with van der Waals surface area (Å²) in [6, 6.07) is 0. The molecule has 11 atom stereocenters. The number of esters is 1. The lowest BCUT2D eigenvalue weighted by Crippen LogP contribution is -2.61. The van der Waals surface area contributed by atoms with E-state index >= 15 is 0 Å². The Labute approximate surface area is 405 Å². The van der Waals surface area contributed by atoms with Crippen molar-refractivity contribution in [3.8, 4) is 0 Å². The van der Waals surface area contributed by atoms with Gasteiger partial charge in [-0.05, 0) is 38.5 Å².